The van der Waals surface area contributed by atoms with Crippen molar-refractivity contribution in [2.24, 2.45) is 11.8 Å². The Morgan fingerprint density at radius 3 is 2.59 bits per heavy atom. The van der Waals surface area contributed by atoms with Crippen LogP contribution in [0.5, 0.6) is 5.75 Å². The Balaban J connectivity index is 1.55. The molecule has 2 bridgehead atoms. The zero-order valence-corrected chi connectivity index (χ0v) is 10.6. The lowest BCUT2D eigenvalue weighted by Gasteiger charge is -2.50. The topological polar surface area (TPSA) is 21.3 Å². The summed E-state index contributed by atoms with van der Waals surface area (Å²) in [6.07, 6.45) is 2.75. The Morgan fingerprint density at radius 2 is 1.94 bits per heavy atom. The van der Waals surface area contributed by atoms with Gasteiger partial charge in [0.1, 0.15) is 12.4 Å². The van der Waals surface area contributed by atoms with E-state index in [1.165, 1.54) is 18.4 Å². The van der Waals surface area contributed by atoms with Gasteiger partial charge in [-0.15, -0.1) is 0 Å². The molecule has 3 aliphatic rings. The Bertz CT molecular complexity index is 380. The van der Waals surface area contributed by atoms with Gasteiger partial charge in [-0.1, -0.05) is 24.6 Å². The van der Waals surface area contributed by atoms with Crippen LogP contribution in [-0.2, 0) is 0 Å². The molecule has 2 atom stereocenters. The lowest BCUT2D eigenvalue weighted by molar-refractivity contribution is 0.0334. The minimum absolute atomic E-state index is 0.536. The lowest BCUT2D eigenvalue weighted by Crippen LogP contribution is -2.60. The van der Waals surface area contributed by atoms with Crippen LogP contribution in [0.25, 0.3) is 0 Å². The summed E-state index contributed by atoms with van der Waals surface area (Å²) in [5, 5.41) is 3.69. The van der Waals surface area contributed by atoms with Crippen molar-refractivity contribution >= 4 is 0 Å². The molecule has 1 N–H and O–H groups in total. The number of hydrogen-bond acceptors (Lipinski definition) is 2. The molecule has 0 radical (unpaired) electrons. The number of hydrogen-bond donors (Lipinski definition) is 1. The first kappa shape index (κ1) is 11.1. The van der Waals surface area contributed by atoms with Crippen LogP contribution in [0.15, 0.2) is 24.3 Å². The third-order valence-electron chi connectivity index (χ3n) is 4.45. The largest absolute Gasteiger partial charge is 0.492 e. The van der Waals surface area contributed by atoms with Crippen LogP contribution < -0.4 is 10.1 Å². The summed E-state index contributed by atoms with van der Waals surface area (Å²) in [6, 6.07) is 9.62. The summed E-state index contributed by atoms with van der Waals surface area (Å²) in [5.41, 5.74) is 1.28. The van der Waals surface area contributed by atoms with Crippen molar-refractivity contribution in [1.82, 2.24) is 5.32 Å². The van der Waals surface area contributed by atoms with Crippen molar-refractivity contribution in [1.29, 1.82) is 0 Å². The summed E-state index contributed by atoms with van der Waals surface area (Å²) in [5.74, 6) is 2.68. The molecule has 2 nitrogen and oxygen atoms in total. The van der Waals surface area contributed by atoms with E-state index >= 15 is 0 Å². The molecule has 0 amide bonds. The fraction of sp³-hybridized carbons (Fsp3) is 0.600. The first-order chi connectivity index (χ1) is 8.22. The van der Waals surface area contributed by atoms with Crippen LogP contribution in [-0.4, -0.2) is 18.7 Å². The fourth-order valence-corrected chi connectivity index (χ4v) is 3.03. The number of piperidine rings is 2. The second-order valence-corrected chi connectivity index (χ2v) is 5.68. The highest BCUT2D eigenvalue weighted by molar-refractivity contribution is 5.26. The first-order valence-electron chi connectivity index (χ1n) is 6.68. The molecule has 92 valence electrons. The highest BCUT2D eigenvalue weighted by Gasteiger charge is 2.43. The van der Waals surface area contributed by atoms with Crippen LogP contribution >= 0.6 is 0 Å². The molecule has 1 aromatic rings. The van der Waals surface area contributed by atoms with Gasteiger partial charge in [0.25, 0.3) is 0 Å². The van der Waals surface area contributed by atoms with Crippen LogP contribution in [0.1, 0.15) is 25.3 Å². The average molecular weight is 231 g/mol. The van der Waals surface area contributed by atoms with Crippen molar-refractivity contribution in [3.63, 3.8) is 0 Å². The second kappa shape index (κ2) is 4.34. The van der Waals surface area contributed by atoms with Gasteiger partial charge in [-0.05, 0) is 43.7 Å². The van der Waals surface area contributed by atoms with E-state index in [0.29, 0.717) is 6.04 Å². The van der Waals surface area contributed by atoms with Crippen LogP contribution in [0.4, 0.5) is 0 Å². The molecule has 2 heterocycles. The standard InChI is InChI=1S/C15H21NO/c1-10-3-5-14(6-4-10)17-9-15-11(2)12-7-13(8-12)16-15/h3-6,11-13,15-16H,7-9H2,1-2H3. The normalized spacial score (nSPS) is 35.2. The number of ether oxygens (including phenoxy) is 1. The quantitative estimate of drug-likeness (QED) is 0.863. The van der Waals surface area contributed by atoms with Crippen LogP contribution in [0.2, 0.25) is 0 Å². The van der Waals surface area contributed by atoms with Crippen molar-refractivity contribution in [3.8, 4) is 5.75 Å². The summed E-state index contributed by atoms with van der Waals surface area (Å²) in [6.45, 7) is 5.26. The number of benzene rings is 1. The minimum Gasteiger partial charge on any atom is -0.492 e. The Morgan fingerprint density at radius 1 is 1.24 bits per heavy atom. The van der Waals surface area contributed by atoms with Crippen LogP contribution in [0, 0.1) is 18.8 Å². The molecular formula is C15H21NO. The first-order valence-corrected chi connectivity index (χ1v) is 6.68. The molecule has 2 saturated heterocycles. The number of nitrogens with one attached hydrogen (secondary N) is 1. The van der Waals surface area contributed by atoms with Crippen LogP contribution in [0.3, 0.4) is 0 Å². The lowest BCUT2D eigenvalue weighted by atomic mass is 9.66. The molecule has 2 heteroatoms. The number of aryl methyl sites for hydroxylation is 1. The summed E-state index contributed by atoms with van der Waals surface area (Å²) < 4.78 is 5.88. The number of rotatable bonds is 3. The second-order valence-electron chi connectivity index (χ2n) is 5.68. The van der Waals surface area contributed by atoms with Crippen molar-refractivity contribution in [2.45, 2.75) is 38.8 Å². The Kier molecular flexibility index (Phi) is 2.83. The molecule has 4 rings (SSSR count). The Labute approximate surface area is 103 Å². The maximum absolute atomic E-state index is 5.88. The molecule has 3 fully saturated rings. The maximum Gasteiger partial charge on any atom is 0.119 e. The summed E-state index contributed by atoms with van der Waals surface area (Å²) in [4.78, 5) is 0. The van der Waals surface area contributed by atoms with Crippen molar-refractivity contribution in [2.75, 3.05) is 6.61 Å². The van der Waals surface area contributed by atoms with E-state index in [-0.39, 0.29) is 0 Å². The third-order valence-corrected chi connectivity index (χ3v) is 4.45. The van der Waals surface area contributed by atoms with Gasteiger partial charge in [0.2, 0.25) is 0 Å². The van der Waals surface area contributed by atoms with Gasteiger partial charge < -0.3 is 10.1 Å². The van der Waals surface area contributed by atoms with Gasteiger partial charge in [0.05, 0.1) is 0 Å². The van der Waals surface area contributed by atoms with E-state index in [1.807, 2.05) is 0 Å². The van der Waals surface area contributed by atoms with E-state index in [9.17, 15) is 0 Å². The molecule has 2 unspecified atom stereocenters. The van der Waals surface area contributed by atoms with E-state index < -0.39 is 0 Å². The van der Waals surface area contributed by atoms with E-state index in [4.69, 9.17) is 4.74 Å². The average Bonchev–Trinajstić information content (AvgIpc) is 2.28. The molecule has 2 aliphatic heterocycles. The fourth-order valence-electron chi connectivity index (χ4n) is 3.03. The van der Waals surface area contributed by atoms with Gasteiger partial charge in [-0.25, -0.2) is 0 Å². The van der Waals surface area contributed by atoms with E-state index in [2.05, 4.69) is 43.4 Å². The molecule has 17 heavy (non-hydrogen) atoms. The van der Waals surface area contributed by atoms with E-state index in [1.54, 1.807) is 0 Å². The van der Waals surface area contributed by atoms with Gasteiger partial charge in [0, 0.05) is 12.1 Å². The van der Waals surface area contributed by atoms with Crippen molar-refractivity contribution < 1.29 is 4.74 Å². The monoisotopic (exact) mass is 231 g/mol. The van der Waals surface area contributed by atoms with Crippen molar-refractivity contribution in [3.05, 3.63) is 29.8 Å². The van der Waals surface area contributed by atoms with Gasteiger partial charge in [-0.2, -0.15) is 0 Å². The summed E-state index contributed by atoms with van der Waals surface area (Å²) >= 11 is 0. The molecule has 1 saturated carbocycles. The van der Waals surface area contributed by atoms with E-state index in [0.717, 1.165) is 30.2 Å². The highest BCUT2D eigenvalue weighted by atomic mass is 16.5. The smallest absolute Gasteiger partial charge is 0.119 e. The maximum atomic E-state index is 5.88. The zero-order chi connectivity index (χ0) is 11.8. The molecule has 1 aliphatic carbocycles. The zero-order valence-electron chi connectivity index (χ0n) is 10.6. The van der Waals surface area contributed by atoms with Gasteiger partial charge in [-0.3, -0.25) is 0 Å². The third kappa shape index (κ3) is 2.19. The number of fused-ring (bicyclic) bond motifs is 2. The molecular weight excluding hydrogens is 210 g/mol. The Hall–Kier alpha value is -1.02. The predicted octanol–water partition coefficient (Wildman–Crippen LogP) is 2.76. The van der Waals surface area contributed by atoms with Gasteiger partial charge in [0.15, 0.2) is 0 Å². The highest BCUT2D eigenvalue weighted by Crippen LogP contribution is 2.40. The predicted molar refractivity (Wildman–Crippen MR) is 69.3 cm³/mol. The van der Waals surface area contributed by atoms with Gasteiger partial charge >= 0.3 is 0 Å². The SMILES string of the molecule is Cc1ccc(OCC2NC3CC(C3)C2C)cc1. The minimum atomic E-state index is 0.536. The molecule has 1 aromatic carbocycles. The summed E-state index contributed by atoms with van der Waals surface area (Å²) in [7, 11) is 0. The molecule has 0 aromatic heterocycles. The molecule has 0 spiro atoms.